The average Bonchev–Trinajstić information content (AvgIpc) is 2.28. The van der Waals surface area contributed by atoms with E-state index in [1.54, 1.807) is 0 Å². The quantitative estimate of drug-likeness (QED) is 0.686. The minimum atomic E-state index is 0.00364. The first-order valence-electron chi connectivity index (χ1n) is 5.25. The molecule has 0 amide bonds. The summed E-state index contributed by atoms with van der Waals surface area (Å²) in [6, 6.07) is 0. The van der Waals surface area contributed by atoms with Crippen LogP contribution in [-0.2, 0) is 0 Å². The first-order valence-corrected chi connectivity index (χ1v) is 5.25. The lowest BCUT2D eigenvalue weighted by molar-refractivity contribution is 0.311. The molecule has 0 aromatic carbocycles. The maximum atomic E-state index is 8.79. The molecule has 0 aliphatic rings. The van der Waals surface area contributed by atoms with Crippen LogP contribution in [0.4, 0.5) is 11.8 Å². The highest BCUT2D eigenvalue weighted by Gasteiger charge is 2.10. The Morgan fingerprint density at radius 1 is 1.12 bits per heavy atom. The van der Waals surface area contributed by atoms with Crippen LogP contribution in [0.15, 0.2) is 0 Å². The van der Waals surface area contributed by atoms with E-state index in [-0.39, 0.29) is 12.6 Å². The fourth-order valence-electron chi connectivity index (χ4n) is 1.43. The molecule has 0 radical (unpaired) electrons. The van der Waals surface area contributed by atoms with Gasteiger partial charge in [0.1, 0.15) is 0 Å². The number of fused-ring (bicyclic) bond motifs is 1. The van der Waals surface area contributed by atoms with Crippen LogP contribution in [0.5, 0.6) is 0 Å². The van der Waals surface area contributed by atoms with Gasteiger partial charge in [-0.15, -0.1) is 0 Å². The van der Waals surface area contributed by atoms with Gasteiger partial charge in [0.25, 0.3) is 0 Å². The third-order valence-corrected chi connectivity index (χ3v) is 2.36. The number of nitrogens with zero attached hydrogens (tertiary/aromatic N) is 4. The van der Waals surface area contributed by atoms with E-state index in [2.05, 4.69) is 25.3 Å². The van der Waals surface area contributed by atoms with Crippen LogP contribution < -0.4 is 11.1 Å². The molecule has 0 atom stereocenters. The Morgan fingerprint density at radius 2 is 1.82 bits per heavy atom. The second-order valence-corrected chi connectivity index (χ2v) is 3.65. The van der Waals surface area contributed by atoms with Crippen molar-refractivity contribution in [1.29, 1.82) is 0 Å². The number of aromatic nitrogens is 4. The van der Waals surface area contributed by atoms with Gasteiger partial charge in [-0.1, -0.05) is 0 Å². The van der Waals surface area contributed by atoms with Crippen LogP contribution in [0.3, 0.4) is 0 Å². The van der Waals surface area contributed by atoms with Gasteiger partial charge in [0, 0.05) is 6.54 Å². The second kappa shape index (κ2) is 4.46. The molecule has 0 saturated heterocycles. The smallest absolute Gasteiger partial charge is 0.224 e. The summed E-state index contributed by atoms with van der Waals surface area (Å²) < 4.78 is 0. The van der Waals surface area contributed by atoms with E-state index in [4.69, 9.17) is 10.8 Å². The molecular formula is C10H14N6O. The molecule has 2 heterocycles. The molecule has 17 heavy (non-hydrogen) atoms. The second-order valence-electron chi connectivity index (χ2n) is 3.65. The molecule has 0 saturated carbocycles. The van der Waals surface area contributed by atoms with E-state index < -0.39 is 0 Å². The Kier molecular flexibility index (Phi) is 3.01. The lowest BCUT2D eigenvalue weighted by Gasteiger charge is -2.08. The molecule has 0 spiro atoms. The number of hydrogen-bond acceptors (Lipinski definition) is 7. The molecule has 2 rings (SSSR count). The number of nitrogens with two attached hydrogens (primary N) is 1. The molecule has 2 aromatic rings. The molecule has 7 heteroatoms. The van der Waals surface area contributed by atoms with Crippen LogP contribution >= 0.6 is 0 Å². The molecule has 0 fully saturated rings. The fourth-order valence-corrected chi connectivity index (χ4v) is 1.43. The average molecular weight is 234 g/mol. The van der Waals surface area contributed by atoms with Gasteiger partial charge in [-0.2, -0.15) is 9.97 Å². The summed E-state index contributed by atoms with van der Waals surface area (Å²) in [5.74, 6) is 0.632. The van der Waals surface area contributed by atoms with Gasteiger partial charge in [0.2, 0.25) is 5.95 Å². The van der Waals surface area contributed by atoms with Gasteiger partial charge in [-0.3, -0.25) is 0 Å². The Morgan fingerprint density at radius 3 is 2.53 bits per heavy atom. The summed E-state index contributed by atoms with van der Waals surface area (Å²) in [7, 11) is 0. The normalized spacial score (nSPS) is 10.8. The van der Waals surface area contributed by atoms with Crippen molar-refractivity contribution < 1.29 is 5.11 Å². The summed E-state index contributed by atoms with van der Waals surface area (Å²) in [5.41, 5.74) is 8.24. The van der Waals surface area contributed by atoms with Crippen molar-refractivity contribution in [3.05, 3.63) is 11.4 Å². The van der Waals surface area contributed by atoms with Gasteiger partial charge in [-0.05, 0) is 13.8 Å². The molecule has 2 aromatic heterocycles. The van der Waals surface area contributed by atoms with Crippen molar-refractivity contribution in [2.24, 2.45) is 0 Å². The monoisotopic (exact) mass is 234 g/mol. The van der Waals surface area contributed by atoms with Crippen molar-refractivity contribution in [2.45, 2.75) is 13.8 Å². The minimum Gasteiger partial charge on any atom is -0.395 e. The molecule has 4 N–H and O–H groups in total. The third kappa shape index (κ3) is 2.23. The maximum absolute atomic E-state index is 8.79. The number of hydrogen-bond donors (Lipinski definition) is 3. The lowest BCUT2D eigenvalue weighted by Crippen LogP contribution is -2.11. The molecule has 90 valence electrons. The Bertz CT molecular complexity index is 556. The molecule has 0 aliphatic heterocycles. The largest absolute Gasteiger partial charge is 0.395 e. The number of aliphatic hydroxyl groups is 1. The lowest BCUT2D eigenvalue weighted by atomic mass is 10.3. The van der Waals surface area contributed by atoms with Crippen molar-refractivity contribution in [2.75, 3.05) is 24.2 Å². The van der Waals surface area contributed by atoms with Crippen molar-refractivity contribution in [3.63, 3.8) is 0 Å². The molecule has 0 aliphatic carbocycles. The number of anilines is 2. The Labute approximate surface area is 98.1 Å². The SMILES string of the molecule is Cc1nc2nc(N)nc(NCCO)c2nc1C. The van der Waals surface area contributed by atoms with E-state index in [0.717, 1.165) is 11.4 Å². The van der Waals surface area contributed by atoms with Gasteiger partial charge in [0.05, 0.1) is 18.0 Å². The zero-order valence-electron chi connectivity index (χ0n) is 9.73. The number of nitrogens with one attached hydrogen (secondary N) is 1. The summed E-state index contributed by atoms with van der Waals surface area (Å²) in [4.78, 5) is 16.8. The standard InChI is InChI=1S/C10H14N6O/c1-5-6(2)14-9-7(13-5)8(12-3-4-17)15-10(11)16-9/h17H,3-4H2,1-2H3,(H3,11,12,14,15,16). The van der Waals surface area contributed by atoms with E-state index in [0.29, 0.717) is 23.5 Å². The number of nitrogen functional groups attached to an aromatic ring is 1. The number of aliphatic hydroxyl groups excluding tert-OH is 1. The van der Waals surface area contributed by atoms with Gasteiger partial charge < -0.3 is 16.2 Å². The number of rotatable bonds is 3. The highest BCUT2D eigenvalue weighted by atomic mass is 16.3. The number of aryl methyl sites for hydroxylation is 2. The molecule has 0 unspecified atom stereocenters. The zero-order valence-corrected chi connectivity index (χ0v) is 9.73. The predicted octanol–water partition coefficient (Wildman–Crippen LogP) is 0.0230. The van der Waals surface area contributed by atoms with E-state index in [9.17, 15) is 0 Å². The van der Waals surface area contributed by atoms with Crippen molar-refractivity contribution in [3.8, 4) is 0 Å². The zero-order chi connectivity index (χ0) is 12.4. The highest BCUT2D eigenvalue weighted by molar-refractivity contribution is 5.83. The molecule has 0 bridgehead atoms. The van der Waals surface area contributed by atoms with Crippen molar-refractivity contribution in [1.82, 2.24) is 19.9 Å². The Hall–Kier alpha value is -2.02. The minimum absolute atomic E-state index is 0.00364. The predicted molar refractivity (Wildman–Crippen MR) is 64.6 cm³/mol. The summed E-state index contributed by atoms with van der Waals surface area (Å²) in [6.07, 6.45) is 0. The highest BCUT2D eigenvalue weighted by Crippen LogP contribution is 2.18. The third-order valence-electron chi connectivity index (χ3n) is 2.36. The summed E-state index contributed by atoms with van der Waals surface area (Å²) >= 11 is 0. The van der Waals surface area contributed by atoms with Crippen LogP contribution in [-0.4, -0.2) is 38.2 Å². The van der Waals surface area contributed by atoms with E-state index in [1.807, 2.05) is 13.8 Å². The van der Waals surface area contributed by atoms with Crippen LogP contribution in [0, 0.1) is 13.8 Å². The van der Waals surface area contributed by atoms with Crippen molar-refractivity contribution >= 4 is 22.9 Å². The maximum Gasteiger partial charge on any atom is 0.224 e. The van der Waals surface area contributed by atoms with Crippen LogP contribution in [0.1, 0.15) is 11.4 Å². The summed E-state index contributed by atoms with van der Waals surface area (Å²) in [6.45, 7) is 4.11. The topological polar surface area (TPSA) is 110 Å². The fraction of sp³-hybridized carbons (Fsp3) is 0.400. The van der Waals surface area contributed by atoms with E-state index in [1.165, 1.54) is 0 Å². The summed E-state index contributed by atoms with van der Waals surface area (Å²) in [5, 5.41) is 11.7. The van der Waals surface area contributed by atoms with Gasteiger partial charge in [-0.25, -0.2) is 9.97 Å². The molecule has 7 nitrogen and oxygen atoms in total. The molecular weight excluding hydrogens is 220 g/mol. The first kappa shape index (κ1) is 11.5. The van der Waals surface area contributed by atoms with E-state index >= 15 is 0 Å². The van der Waals surface area contributed by atoms with Crippen LogP contribution in [0.2, 0.25) is 0 Å². The van der Waals surface area contributed by atoms with Gasteiger partial charge in [0.15, 0.2) is 17.0 Å². The van der Waals surface area contributed by atoms with Crippen LogP contribution in [0.25, 0.3) is 11.2 Å². The Balaban J connectivity index is 2.61. The first-order chi connectivity index (χ1) is 8.11. The van der Waals surface area contributed by atoms with Gasteiger partial charge >= 0.3 is 0 Å².